The lowest BCUT2D eigenvalue weighted by Gasteiger charge is -2.22. The van der Waals surface area contributed by atoms with E-state index < -0.39 is 0 Å². The van der Waals surface area contributed by atoms with Crippen LogP contribution in [-0.2, 0) is 51.4 Å². The number of fused-ring (bicyclic) bond motifs is 16. The number of benzene rings is 16. The Morgan fingerprint density at radius 3 is 0.271 bits per heavy atom. The summed E-state index contributed by atoms with van der Waals surface area (Å²) >= 11 is 0. The van der Waals surface area contributed by atoms with E-state index in [-0.39, 0.29) is 0 Å². The van der Waals surface area contributed by atoms with Crippen LogP contribution in [-0.4, -0.2) is 56.9 Å². The zero-order valence-electron chi connectivity index (χ0n) is 84.6. The van der Waals surface area contributed by atoms with Gasteiger partial charge in [0.1, 0.15) is 46.0 Å². The van der Waals surface area contributed by atoms with E-state index in [2.05, 4.69) is 441 Å². The standard InChI is InChI=1S/C136H112O8/c1-89-17-33-97(34-18-89)49-57-105-65-113-81-115-67-106(58-50-98-35-19-90(2)20-36-98)69-117(130(115)138-10)83-119-71-108(60-52-100-39-23-92(4)24-40-100)73-121(132(119)140-12)85-123-75-110(62-54-102-43-27-94(6)28-44-102)77-125(134(123)142-14)87-127-79-112(64-56-104-47-31-96(8)32-48-104)80-128(136(127)144-16)88-126-78-111(63-55-103-45-29-95(7)30-46-103)76-124(135(126)143-15)86-122-74-109(61-53-101-41-25-93(5)26-42-101)72-120(133(122)141-13)84-118-70-107(59-51-99-37-21-91(3)22-38-99)68-116(131(118)139-11)82-114(66-105)129(113)137-9/h17-48,65-80H,81-88H2,1-16H3. The topological polar surface area (TPSA) is 73.8 Å². The molecule has 0 N–H and O–H groups in total. The van der Waals surface area contributed by atoms with Gasteiger partial charge in [0.05, 0.1) is 56.9 Å². The van der Waals surface area contributed by atoms with Crippen LogP contribution >= 0.6 is 0 Å². The minimum atomic E-state index is 0.314. The van der Waals surface area contributed by atoms with Crippen molar-refractivity contribution in [1.29, 1.82) is 0 Å². The van der Waals surface area contributed by atoms with Crippen LogP contribution in [0.2, 0.25) is 0 Å². The zero-order chi connectivity index (χ0) is 100. The SMILES string of the molecule is COc1c2cc(C#Cc3ccc(C)cc3)cc1Cc1cc(C#Cc3ccc(C)cc3)cc(c1OC)Cc1cc(C#Cc3ccc(C)cc3)cc(c1OC)Cc1cc(C#Cc3ccc(C)cc3)cc(c1OC)Cc1cc(C#Cc3ccc(C)cc3)cc(c1OC)Cc1cc(C#Cc3ccc(C)cc3)cc(c1OC)Cc1cc(C#Cc3ccc(C)cc3)cc(c1OC)Cc1cc(C#Cc3ccc(C)cc3)cc(c1OC)C2. The molecule has 144 heavy (non-hydrogen) atoms. The molecule has 0 spiro atoms. The summed E-state index contributed by atoms with van der Waals surface area (Å²) in [6.07, 6.45) is 2.51. The van der Waals surface area contributed by atoms with Crippen LogP contribution in [0.15, 0.2) is 291 Å². The summed E-state index contributed by atoms with van der Waals surface area (Å²) in [6, 6.07) is 101. The van der Waals surface area contributed by atoms with E-state index in [4.69, 9.17) is 37.9 Å². The molecular formula is C136H112O8. The van der Waals surface area contributed by atoms with Gasteiger partial charge < -0.3 is 37.9 Å². The van der Waals surface area contributed by atoms with Gasteiger partial charge in [-0.2, -0.15) is 0 Å². The summed E-state index contributed by atoms with van der Waals surface area (Å²) < 4.78 is 55.2. The Balaban J connectivity index is 0.955. The molecule has 0 atom stereocenters. The highest BCUT2D eigenvalue weighted by Crippen LogP contribution is 2.45. The molecule has 0 aromatic heterocycles. The Morgan fingerprint density at radius 1 is 0.118 bits per heavy atom. The molecule has 0 unspecified atom stereocenters. The van der Waals surface area contributed by atoms with E-state index >= 15 is 0 Å². The maximum atomic E-state index is 6.90. The molecule has 16 aromatic carbocycles. The molecule has 1 aliphatic carbocycles. The molecule has 1 aliphatic rings. The second-order valence-corrected chi connectivity index (χ2v) is 37.0. The van der Waals surface area contributed by atoms with Gasteiger partial charge in [-0.3, -0.25) is 0 Å². The minimum absolute atomic E-state index is 0.314. The van der Waals surface area contributed by atoms with Gasteiger partial charge in [0, 0.05) is 229 Å². The first-order chi connectivity index (χ1) is 70.1. The van der Waals surface area contributed by atoms with Crippen LogP contribution in [0.25, 0.3) is 0 Å². The van der Waals surface area contributed by atoms with Crippen LogP contribution < -0.4 is 37.9 Å². The minimum Gasteiger partial charge on any atom is -0.496 e. The predicted molar refractivity (Wildman–Crippen MR) is 584 cm³/mol. The maximum absolute atomic E-state index is 6.90. The van der Waals surface area contributed by atoms with Crippen molar-refractivity contribution in [2.75, 3.05) is 56.9 Å². The third kappa shape index (κ3) is 24.4. The van der Waals surface area contributed by atoms with Gasteiger partial charge in [0.25, 0.3) is 0 Å². The number of ether oxygens (including phenoxy) is 8. The van der Waals surface area contributed by atoms with Gasteiger partial charge in [-0.05, 0) is 250 Å². The molecule has 17 rings (SSSR count). The van der Waals surface area contributed by atoms with Crippen LogP contribution in [0.4, 0.5) is 0 Å². The van der Waals surface area contributed by atoms with Crippen molar-refractivity contribution in [2.45, 2.75) is 107 Å². The summed E-state index contributed by atoms with van der Waals surface area (Å²) in [7, 11) is 14.0. The molecule has 0 saturated heterocycles. The monoisotopic (exact) mass is 1870 g/mol. The fourth-order valence-corrected chi connectivity index (χ4v) is 18.7. The van der Waals surface area contributed by atoms with Gasteiger partial charge in [-0.1, -0.05) is 236 Å². The quantitative estimate of drug-likeness (QED) is 0.139. The number of methoxy groups -OCH3 is 8. The molecule has 16 bridgehead atoms. The highest BCUT2D eigenvalue weighted by atomic mass is 16.5. The van der Waals surface area contributed by atoms with E-state index in [1.54, 1.807) is 56.9 Å². The summed E-state index contributed by atoms with van der Waals surface area (Å²) in [5.41, 5.74) is 35.9. The van der Waals surface area contributed by atoms with Crippen LogP contribution in [0.1, 0.15) is 223 Å². The highest BCUT2D eigenvalue weighted by molar-refractivity contribution is 5.68. The predicted octanol–water partition coefficient (Wildman–Crippen LogP) is 26.5. The van der Waals surface area contributed by atoms with Crippen molar-refractivity contribution in [3.63, 3.8) is 0 Å². The number of rotatable bonds is 8. The van der Waals surface area contributed by atoms with Crippen LogP contribution in [0.3, 0.4) is 0 Å². The summed E-state index contributed by atoms with van der Waals surface area (Å²) in [5, 5.41) is 0. The Kier molecular flexibility index (Phi) is 31.0. The lowest BCUT2D eigenvalue weighted by molar-refractivity contribution is 0.396. The molecule has 0 radical (unpaired) electrons. The first-order valence-electron chi connectivity index (χ1n) is 48.4. The molecule has 0 amide bonds. The zero-order valence-corrected chi connectivity index (χ0v) is 84.6. The molecule has 704 valence electrons. The van der Waals surface area contributed by atoms with Crippen LogP contribution in [0, 0.1) is 150 Å². The normalized spacial score (nSPS) is 11.2. The number of hydrogen-bond acceptors (Lipinski definition) is 8. The van der Waals surface area contributed by atoms with E-state index in [9.17, 15) is 0 Å². The Bertz CT molecular complexity index is 6500. The third-order valence-electron chi connectivity index (χ3n) is 25.8. The molecule has 0 aliphatic heterocycles. The van der Waals surface area contributed by atoms with Crippen molar-refractivity contribution < 1.29 is 37.9 Å². The van der Waals surface area contributed by atoms with Gasteiger partial charge in [0.2, 0.25) is 0 Å². The second kappa shape index (κ2) is 45.6. The second-order valence-electron chi connectivity index (χ2n) is 37.0. The fraction of sp³-hybridized carbons (Fsp3) is 0.176. The van der Waals surface area contributed by atoms with Crippen LogP contribution in [0.5, 0.6) is 46.0 Å². The average molecular weight is 1870 g/mol. The van der Waals surface area contributed by atoms with Gasteiger partial charge in [-0.25, -0.2) is 0 Å². The lowest BCUT2D eigenvalue weighted by Crippen LogP contribution is -2.08. The number of aryl methyl sites for hydroxylation is 8. The maximum Gasteiger partial charge on any atom is 0.126 e. The molecule has 0 heterocycles. The largest absolute Gasteiger partial charge is 0.496 e. The molecule has 0 fully saturated rings. The van der Waals surface area contributed by atoms with Crippen molar-refractivity contribution in [3.05, 3.63) is 514 Å². The van der Waals surface area contributed by atoms with E-state index in [0.717, 1.165) is 223 Å². The lowest BCUT2D eigenvalue weighted by atomic mass is 9.88. The van der Waals surface area contributed by atoms with E-state index in [1.165, 1.54) is 0 Å². The van der Waals surface area contributed by atoms with Crippen molar-refractivity contribution in [3.8, 4) is 141 Å². The third-order valence-corrected chi connectivity index (χ3v) is 25.8. The van der Waals surface area contributed by atoms with Crippen molar-refractivity contribution in [1.82, 2.24) is 0 Å². The highest BCUT2D eigenvalue weighted by Gasteiger charge is 2.28. The smallest absolute Gasteiger partial charge is 0.126 e. The Morgan fingerprint density at radius 2 is 0.194 bits per heavy atom. The molecular weight excluding hydrogens is 1760 g/mol. The van der Waals surface area contributed by atoms with E-state index in [0.29, 0.717) is 97.4 Å². The molecule has 8 heteroatoms. The first kappa shape index (κ1) is 98.0. The van der Waals surface area contributed by atoms with Gasteiger partial charge >= 0.3 is 0 Å². The fourth-order valence-electron chi connectivity index (χ4n) is 18.7. The summed E-state index contributed by atoms with van der Waals surface area (Å²) in [6.45, 7) is 16.7. The number of hydrogen-bond donors (Lipinski definition) is 0. The first-order valence-corrected chi connectivity index (χ1v) is 48.4. The summed E-state index contributed by atoms with van der Waals surface area (Å²) in [5.74, 6) is 62.9. The van der Waals surface area contributed by atoms with E-state index in [1.807, 2.05) is 0 Å². The Hall–Kier alpha value is -17.6. The molecule has 16 aromatic rings. The average Bonchev–Trinajstić information content (AvgIpc) is 0.782. The Labute approximate surface area is 850 Å². The summed E-state index contributed by atoms with van der Waals surface area (Å²) in [4.78, 5) is 0. The van der Waals surface area contributed by atoms with Crippen molar-refractivity contribution >= 4 is 0 Å². The van der Waals surface area contributed by atoms with Gasteiger partial charge in [-0.15, -0.1) is 0 Å². The van der Waals surface area contributed by atoms with Crippen molar-refractivity contribution in [2.24, 2.45) is 0 Å². The van der Waals surface area contributed by atoms with Gasteiger partial charge in [0.15, 0.2) is 0 Å². The molecule has 0 saturated carbocycles. The molecule has 8 nitrogen and oxygen atoms in total.